The molecule has 3 nitrogen and oxygen atoms in total. The molecule has 1 heterocycles. The van der Waals surface area contributed by atoms with Crippen molar-refractivity contribution < 1.29 is 14.6 Å². The zero-order chi connectivity index (χ0) is 13.1. The third-order valence-corrected chi connectivity index (χ3v) is 5.53. The van der Waals surface area contributed by atoms with E-state index in [2.05, 4.69) is 26.5 Å². The van der Waals surface area contributed by atoms with Gasteiger partial charge in [-0.2, -0.15) is 0 Å². The van der Waals surface area contributed by atoms with Crippen LogP contribution in [0.25, 0.3) is 0 Å². The van der Waals surface area contributed by atoms with Crippen molar-refractivity contribution in [2.45, 2.75) is 44.8 Å². The minimum absolute atomic E-state index is 0.0803. The lowest BCUT2D eigenvalue weighted by Gasteiger charge is -2.55. The largest absolute Gasteiger partial charge is 0.458 e. The van der Waals surface area contributed by atoms with Gasteiger partial charge in [0.05, 0.1) is 5.60 Å². The highest BCUT2D eigenvalue weighted by Gasteiger charge is 2.59. The lowest BCUT2D eigenvalue weighted by molar-refractivity contribution is -0.158. The van der Waals surface area contributed by atoms with E-state index in [1.165, 1.54) is 0 Å². The van der Waals surface area contributed by atoms with E-state index in [1.807, 2.05) is 6.08 Å². The fourth-order valence-corrected chi connectivity index (χ4v) is 3.90. The molecule has 5 atom stereocenters. The first-order valence-electron chi connectivity index (χ1n) is 6.67. The van der Waals surface area contributed by atoms with Gasteiger partial charge in [0.25, 0.3) is 0 Å². The number of aliphatic hydroxyl groups is 1. The molecule has 18 heavy (non-hydrogen) atoms. The van der Waals surface area contributed by atoms with Crippen LogP contribution >= 0.6 is 0 Å². The van der Waals surface area contributed by atoms with Gasteiger partial charge in [-0.25, -0.2) is 4.79 Å². The van der Waals surface area contributed by atoms with Crippen molar-refractivity contribution in [2.75, 3.05) is 0 Å². The standard InChI is InChI=1S/C15H20O3/c1-9-5-4-6-15(17)8-12-11(7-14(9,15)3)10(2)13(16)18-12/h4,6,9,11-12,17H,2,5,7-8H2,1,3H3. The number of ether oxygens (including phenoxy) is 1. The second-order valence-corrected chi connectivity index (χ2v) is 6.36. The number of carbonyl (C=O) groups is 1. The molecule has 1 N–H and O–H groups in total. The zero-order valence-electron chi connectivity index (χ0n) is 11.0. The predicted octanol–water partition coefficient (Wildman–Crippen LogP) is 2.21. The third kappa shape index (κ3) is 1.31. The molecule has 1 saturated carbocycles. The molecule has 0 bridgehead atoms. The van der Waals surface area contributed by atoms with Crippen molar-refractivity contribution in [1.29, 1.82) is 0 Å². The van der Waals surface area contributed by atoms with Crippen LogP contribution < -0.4 is 0 Å². The molecule has 1 saturated heterocycles. The summed E-state index contributed by atoms with van der Waals surface area (Å²) in [6.07, 6.45) is 6.04. The summed E-state index contributed by atoms with van der Waals surface area (Å²) in [5.74, 6) is 0.196. The van der Waals surface area contributed by atoms with E-state index in [0.717, 1.165) is 12.8 Å². The number of allylic oxidation sites excluding steroid dienone is 1. The lowest BCUT2D eigenvalue weighted by atomic mass is 9.52. The minimum atomic E-state index is -0.850. The monoisotopic (exact) mass is 248 g/mol. The molecule has 3 aliphatic rings. The van der Waals surface area contributed by atoms with Crippen molar-refractivity contribution in [3.8, 4) is 0 Å². The third-order valence-electron chi connectivity index (χ3n) is 5.53. The van der Waals surface area contributed by atoms with Crippen LogP contribution in [0.15, 0.2) is 24.3 Å². The molecule has 0 aromatic rings. The first kappa shape index (κ1) is 12.0. The minimum Gasteiger partial charge on any atom is -0.458 e. The summed E-state index contributed by atoms with van der Waals surface area (Å²) >= 11 is 0. The molecular weight excluding hydrogens is 228 g/mol. The molecule has 2 fully saturated rings. The van der Waals surface area contributed by atoms with E-state index in [9.17, 15) is 9.90 Å². The van der Waals surface area contributed by atoms with Crippen molar-refractivity contribution in [3.05, 3.63) is 24.3 Å². The first-order valence-corrected chi connectivity index (χ1v) is 6.67. The quantitative estimate of drug-likeness (QED) is 0.406. The number of hydrogen-bond acceptors (Lipinski definition) is 3. The Morgan fingerprint density at radius 1 is 1.50 bits per heavy atom. The summed E-state index contributed by atoms with van der Waals surface area (Å²) in [4.78, 5) is 11.6. The molecule has 0 spiro atoms. The maximum atomic E-state index is 11.6. The Hall–Kier alpha value is -1.09. The molecule has 0 amide bonds. The first-order chi connectivity index (χ1) is 8.37. The molecule has 0 radical (unpaired) electrons. The van der Waals surface area contributed by atoms with Crippen LogP contribution in [0, 0.1) is 17.3 Å². The van der Waals surface area contributed by atoms with Crippen molar-refractivity contribution in [2.24, 2.45) is 17.3 Å². The van der Waals surface area contributed by atoms with Gasteiger partial charge >= 0.3 is 5.97 Å². The van der Waals surface area contributed by atoms with E-state index in [0.29, 0.717) is 17.9 Å². The molecule has 98 valence electrons. The maximum Gasteiger partial charge on any atom is 0.334 e. The van der Waals surface area contributed by atoms with E-state index in [1.54, 1.807) is 0 Å². The Morgan fingerprint density at radius 2 is 2.22 bits per heavy atom. The smallest absolute Gasteiger partial charge is 0.334 e. The number of hydrogen-bond donors (Lipinski definition) is 1. The summed E-state index contributed by atoms with van der Waals surface area (Å²) in [5.41, 5.74) is -0.457. The van der Waals surface area contributed by atoms with Crippen LogP contribution in [-0.2, 0) is 9.53 Å². The molecule has 3 heteroatoms. The van der Waals surface area contributed by atoms with Crippen LogP contribution in [0.5, 0.6) is 0 Å². The van der Waals surface area contributed by atoms with E-state index in [4.69, 9.17) is 4.74 Å². The molecule has 1 aliphatic heterocycles. The van der Waals surface area contributed by atoms with Gasteiger partial charge in [0.1, 0.15) is 6.10 Å². The highest BCUT2D eigenvalue weighted by molar-refractivity contribution is 5.90. The summed E-state index contributed by atoms with van der Waals surface area (Å²) in [5, 5.41) is 10.9. The number of fused-ring (bicyclic) bond motifs is 2. The Labute approximate surface area is 108 Å². The number of carbonyl (C=O) groups excluding carboxylic acids is 1. The van der Waals surface area contributed by atoms with Crippen LogP contribution in [0.2, 0.25) is 0 Å². The Morgan fingerprint density at radius 3 is 2.94 bits per heavy atom. The zero-order valence-corrected chi connectivity index (χ0v) is 11.0. The molecule has 5 unspecified atom stereocenters. The maximum absolute atomic E-state index is 11.6. The van der Waals surface area contributed by atoms with Gasteiger partial charge in [-0.15, -0.1) is 0 Å². The molecule has 2 aliphatic carbocycles. The fraction of sp³-hybridized carbons (Fsp3) is 0.667. The number of esters is 1. The van der Waals surface area contributed by atoms with Gasteiger partial charge in [-0.3, -0.25) is 0 Å². The highest BCUT2D eigenvalue weighted by Crippen LogP contribution is 2.57. The van der Waals surface area contributed by atoms with Crippen LogP contribution in [0.4, 0.5) is 0 Å². The van der Waals surface area contributed by atoms with Crippen molar-refractivity contribution in [3.63, 3.8) is 0 Å². The highest BCUT2D eigenvalue weighted by atomic mass is 16.6. The van der Waals surface area contributed by atoms with Gasteiger partial charge in [0.2, 0.25) is 0 Å². The van der Waals surface area contributed by atoms with Crippen molar-refractivity contribution in [1.82, 2.24) is 0 Å². The van der Waals surface area contributed by atoms with Crippen LogP contribution in [-0.4, -0.2) is 22.8 Å². The Bertz CT molecular complexity index is 453. The average molecular weight is 248 g/mol. The molecule has 0 aromatic carbocycles. The normalized spacial score (nSPS) is 50.7. The van der Waals surface area contributed by atoms with Gasteiger partial charge < -0.3 is 9.84 Å². The Balaban J connectivity index is 2.01. The summed E-state index contributed by atoms with van der Waals surface area (Å²) in [7, 11) is 0. The summed E-state index contributed by atoms with van der Waals surface area (Å²) in [6, 6.07) is 0. The SMILES string of the molecule is C=C1C(=O)OC2CC3(O)C=CCC(C)C3(C)CC12. The van der Waals surface area contributed by atoms with Crippen LogP contribution in [0.1, 0.15) is 33.1 Å². The Kier molecular flexibility index (Phi) is 2.31. The summed E-state index contributed by atoms with van der Waals surface area (Å²) < 4.78 is 5.34. The van der Waals surface area contributed by atoms with Crippen LogP contribution in [0.3, 0.4) is 0 Å². The second-order valence-electron chi connectivity index (χ2n) is 6.36. The molecular formula is C15H20O3. The fourth-order valence-electron chi connectivity index (χ4n) is 3.90. The van der Waals surface area contributed by atoms with Gasteiger partial charge in [-0.05, 0) is 18.8 Å². The van der Waals surface area contributed by atoms with Crippen molar-refractivity contribution >= 4 is 5.97 Å². The lowest BCUT2D eigenvalue weighted by Crippen LogP contribution is -2.57. The second kappa shape index (κ2) is 3.47. The predicted molar refractivity (Wildman–Crippen MR) is 67.7 cm³/mol. The van der Waals surface area contributed by atoms with E-state index < -0.39 is 5.60 Å². The van der Waals surface area contributed by atoms with E-state index in [-0.39, 0.29) is 23.4 Å². The van der Waals surface area contributed by atoms with Gasteiger partial charge in [0, 0.05) is 23.3 Å². The summed E-state index contributed by atoms with van der Waals surface area (Å²) in [6.45, 7) is 8.17. The molecule has 3 rings (SSSR count). The topological polar surface area (TPSA) is 46.5 Å². The van der Waals surface area contributed by atoms with E-state index >= 15 is 0 Å². The van der Waals surface area contributed by atoms with Gasteiger partial charge in [-0.1, -0.05) is 32.6 Å². The average Bonchev–Trinajstić information content (AvgIpc) is 2.55. The molecule has 0 aromatic heterocycles. The van der Waals surface area contributed by atoms with Gasteiger partial charge in [0.15, 0.2) is 0 Å². The number of rotatable bonds is 0.